The van der Waals surface area contributed by atoms with Gasteiger partial charge in [0.1, 0.15) is 0 Å². The van der Waals surface area contributed by atoms with E-state index in [1.165, 1.54) is 5.69 Å². The minimum atomic E-state index is 0.883. The summed E-state index contributed by atoms with van der Waals surface area (Å²) in [5, 5.41) is 6.54. The number of hydrogen-bond acceptors (Lipinski definition) is 4. The fourth-order valence-electron chi connectivity index (χ4n) is 2.08. The summed E-state index contributed by atoms with van der Waals surface area (Å²) in [6.07, 6.45) is 3.91. The van der Waals surface area contributed by atoms with E-state index in [1.807, 2.05) is 11.6 Å². The van der Waals surface area contributed by atoms with Crippen molar-refractivity contribution in [3.8, 4) is 5.13 Å². The van der Waals surface area contributed by atoms with E-state index < -0.39 is 0 Å². The molecule has 4 nitrogen and oxygen atoms in total. The summed E-state index contributed by atoms with van der Waals surface area (Å²) in [5.41, 5.74) is 1.26. The summed E-state index contributed by atoms with van der Waals surface area (Å²) in [5.74, 6) is 0. The number of thiazole rings is 1. The average Bonchev–Trinajstić information content (AvgIpc) is 3.09. The number of nitrogens with one attached hydrogen (secondary N) is 1. The smallest absolute Gasteiger partial charge is 0.193 e. The lowest BCUT2D eigenvalue weighted by Gasteiger charge is -2.18. The van der Waals surface area contributed by atoms with Crippen LogP contribution in [0.25, 0.3) is 5.13 Å². The maximum absolute atomic E-state index is 4.35. The van der Waals surface area contributed by atoms with Gasteiger partial charge < -0.3 is 10.2 Å². The summed E-state index contributed by atoms with van der Waals surface area (Å²) >= 11 is 1.66. The van der Waals surface area contributed by atoms with Gasteiger partial charge >= 0.3 is 0 Å². The first-order valence-corrected chi connectivity index (χ1v) is 7.72. The van der Waals surface area contributed by atoms with Crippen LogP contribution in [-0.4, -0.2) is 40.6 Å². The van der Waals surface area contributed by atoms with Crippen molar-refractivity contribution in [2.75, 3.05) is 26.2 Å². The lowest BCUT2D eigenvalue weighted by Crippen LogP contribution is -2.31. The van der Waals surface area contributed by atoms with Crippen molar-refractivity contribution >= 4 is 11.3 Å². The minimum absolute atomic E-state index is 0.883. The molecule has 5 heteroatoms. The van der Waals surface area contributed by atoms with Gasteiger partial charge in [-0.2, -0.15) is 0 Å². The highest BCUT2D eigenvalue weighted by molar-refractivity contribution is 7.12. The molecule has 0 aliphatic heterocycles. The van der Waals surface area contributed by atoms with E-state index in [4.69, 9.17) is 0 Å². The van der Waals surface area contributed by atoms with E-state index in [2.05, 4.69) is 51.9 Å². The van der Waals surface area contributed by atoms with Crippen molar-refractivity contribution in [2.45, 2.75) is 20.4 Å². The fraction of sp³-hybridized carbons (Fsp3) is 0.500. The van der Waals surface area contributed by atoms with E-state index >= 15 is 0 Å². The Morgan fingerprint density at radius 1 is 1.37 bits per heavy atom. The van der Waals surface area contributed by atoms with Crippen LogP contribution >= 0.6 is 11.3 Å². The molecule has 0 spiro atoms. The van der Waals surface area contributed by atoms with Crippen molar-refractivity contribution in [1.82, 2.24) is 19.8 Å². The van der Waals surface area contributed by atoms with Crippen LogP contribution in [0.5, 0.6) is 0 Å². The summed E-state index contributed by atoms with van der Waals surface area (Å²) in [6.45, 7) is 9.65. The molecule has 104 valence electrons. The number of rotatable bonds is 8. The molecule has 0 aliphatic rings. The molecule has 0 saturated carbocycles. The normalized spacial score (nSPS) is 11.3. The Morgan fingerprint density at radius 3 is 2.89 bits per heavy atom. The highest BCUT2D eigenvalue weighted by atomic mass is 32.1. The lowest BCUT2D eigenvalue weighted by molar-refractivity contribution is 0.302. The molecule has 2 aromatic heterocycles. The fourth-order valence-corrected chi connectivity index (χ4v) is 2.73. The molecule has 19 heavy (non-hydrogen) atoms. The quantitative estimate of drug-likeness (QED) is 0.753. The van der Waals surface area contributed by atoms with Gasteiger partial charge in [0.05, 0.1) is 0 Å². The largest absolute Gasteiger partial charge is 0.310 e. The number of nitrogens with zero attached hydrogens (tertiary/aromatic N) is 3. The lowest BCUT2D eigenvalue weighted by atomic mass is 10.4. The van der Waals surface area contributed by atoms with Crippen LogP contribution < -0.4 is 5.32 Å². The predicted octanol–water partition coefficient (Wildman–Crippen LogP) is 2.37. The summed E-state index contributed by atoms with van der Waals surface area (Å²) in [6, 6.07) is 4.22. The molecule has 0 bridgehead atoms. The van der Waals surface area contributed by atoms with Crippen molar-refractivity contribution in [3.63, 3.8) is 0 Å². The highest BCUT2D eigenvalue weighted by Crippen LogP contribution is 2.14. The van der Waals surface area contributed by atoms with E-state index in [1.54, 1.807) is 11.3 Å². The van der Waals surface area contributed by atoms with Crippen molar-refractivity contribution in [3.05, 3.63) is 35.6 Å². The SMILES string of the molecule is CCN(CC)CCNCc1cccn1-c1nccs1. The van der Waals surface area contributed by atoms with E-state index in [0.29, 0.717) is 0 Å². The first-order chi connectivity index (χ1) is 9.35. The molecule has 0 aliphatic carbocycles. The minimum Gasteiger partial charge on any atom is -0.310 e. The standard InChI is InChI=1S/C14H22N4S/c1-3-17(4-2)10-7-15-12-13-6-5-9-18(13)14-16-8-11-19-14/h5-6,8-9,11,15H,3-4,7,10,12H2,1-2H3. The Morgan fingerprint density at radius 2 is 2.21 bits per heavy atom. The molecular formula is C14H22N4S. The Hall–Kier alpha value is -1.17. The van der Waals surface area contributed by atoms with Crippen LogP contribution in [0.15, 0.2) is 29.9 Å². The second kappa shape index (κ2) is 7.43. The Labute approximate surface area is 119 Å². The molecule has 0 fully saturated rings. The summed E-state index contributed by atoms with van der Waals surface area (Å²) in [4.78, 5) is 6.77. The molecular weight excluding hydrogens is 256 g/mol. The van der Waals surface area contributed by atoms with Gasteiger partial charge in [-0.3, -0.25) is 4.57 Å². The van der Waals surface area contributed by atoms with Gasteiger partial charge in [-0.15, -0.1) is 11.3 Å². The molecule has 2 aromatic rings. The second-order valence-electron chi connectivity index (χ2n) is 4.39. The van der Waals surface area contributed by atoms with Gasteiger partial charge in [0.2, 0.25) is 0 Å². The first-order valence-electron chi connectivity index (χ1n) is 6.84. The number of hydrogen-bond donors (Lipinski definition) is 1. The monoisotopic (exact) mass is 278 g/mol. The summed E-state index contributed by atoms with van der Waals surface area (Å²) in [7, 11) is 0. The molecule has 0 saturated heterocycles. The molecule has 0 unspecified atom stereocenters. The molecule has 2 heterocycles. The van der Waals surface area contributed by atoms with Gasteiger partial charge in [-0.25, -0.2) is 4.98 Å². The van der Waals surface area contributed by atoms with Gasteiger partial charge in [-0.05, 0) is 25.2 Å². The van der Waals surface area contributed by atoms with Crippen molar-refractivity contribution < 1.29 is 0 Å². The molecule has 2 rings (SSSR count). The zero-order valence-corrected chi connectivity index (χ0v) is 12.5. The van der Waals surface area contributed by atoms with Gasteiger partial charge in [0, 0.05) is 43.1 Å². The third kappa shape index (κ3) is 3.89. The Bertz CT molecular complexity index is 460. The van der Waals surface area contributed by atoms with Crippen LogP contribution in [-0.2, 0) is 6.54 Å². The van der Waals surface area contributed by atoms with Gasteiger partial charge in [0.25, 0.3) is 0 Å². The second-order valence-corrected chi connectivity index (χ2v) is 5.26. The maximum atomic E-state index is 4.35. The molecule has 0 radical (unpaired) electrons. The summed E-state index contributed by atoms with van der Waals surface area (Å²) < 4.78 is 2.15. The zero-order valence-electron chi connectivity index (χ0n) is 11.7. The van der Waals surface area contributed by atoms with Crippen LogP contribution in [0.4, 0.5) is 0 Å². The van der Waals surface area contributed by atoms with E-state index in [9.17, 15) is 0 Å². The predicted molar refractivity (Wildman–Crippen MR) is 80.9 cm³/mol. The zero-order chi connectivity index (χ0) is 13.5. The third-order valence-electron chi connectivity index (χ3n) is 3.26. The Balaban J connectivity index is 1.82. The molecule has 0 atom stereocenters. The maximum Gasteiger partial charge on any atom is 0.193 e. The Kier molecular flexibility index (Phi) is 5.57. The molecule has 1 N–H and O–H groups in total. The average molecular weight is 278 g/mol. The number of likely N-dealkylation sites (N-methyl/N-ethyl adjacent to an activating group) is 1. The van der Waals surface area contributed by atoms with Crippen LogP contribution in [0.3, 0.4) is 0 Å². The van der Waals surface area contributed by atoms with Crippen molar-refractivity contribution in [2.24, 2.45) is 0 Å². The van der Waals surface area contributed by atoms with E-state index in [-0.39, 0.29) is 0 Å². The van der Waals surface area contributed by atoms with E-state index in [0.717, 1.165) is 37.9 Å². The van der Waals surface area contributed by atoms with Gasteiger partial charge in [0.15, 0.2) is 5.13 Å². The van der Waals surface area contributed by atoms with Gasteiger partial charge in [-0.1, -0.05) is 13.8 Å². The number of aromatic nitrogens is 2. The molecule has 0 aromatic carbocycles. The van der Waals surface area contributed by atoms with Crippen molar-refractivity contribution in [1.29, 1.82) is 0 Å². The first kappa shape index (κ1) is 14.2. The van der Waals surface area contributed by atoms with Crippen LogP contribution in [0.2, 0.25) is 0 Å². The third-order valence-corrected chi connectivity index (χ3v) is 4.03. The topological polar surface area (TPSA) is 33.1 Å². The molecule has 0 amide bonds. The van der Waals surface area contributed by atoms with Crippen LogP contribution in [0.1, 0.15) is 19.5 Å². The highest BCUT2D eigenvalue weighted by Gasteiger charge is 2.05. The van der Waals surface area contributed by atoms with Crippen LogP contribution in [0, 0.1) is 0 Å².